The molecule has 0 aliphatic heterocycles. The second-order valence-corrected chi connectivity index (χ2v) is 3.65. The average molecular weight is 177 g/mol. The number of nitrogens with one attached hydrogen (secondary N) is 1. The smallest absolute Gasteiger partial charge is 0.0363 e. The molecule has 1 N–H and O–H groups in total. The van der Waals surface area contributed by atoms with E-state index in [0.29, 0.717) is 0 Å². The van der Waals surface area contributed by atoms with Crippen molar-refractivity contribution in [3.05, 3.63) is 29.6 Å². The van der Waals surface area contributed by atoms with Gasteiger partial charge in [0.2, 0.25) is 0 Å². The van der Waals surface area contributed by atoms with Crippen LogP contribution >= 0.6 is 11.3 Å². The zero-order chi connectivity index (χ0) is 8.39. The zero-order valence-corrected chi connectivity index (χ0v) is 7.82. The van der Waals surface area contributed by atoms with E-state index in [9.17, 15) is 0 Å². The number of hydrogen-bond donors (Lipinski definition) is 1. The van der Waals surface area contributed by atoms with Crippen molar-refractivity contribution in [1.82, 2.24) is 0 Å². The van der Waals surface area contributed by atoms with Crippen LogP contribution in [0.15, 0.2) is 29.6 Å². The summed E-state index contributed by atoms with van der Waals surface area (Å²) < 4.78 is 1.36. The van der Waals surface area contributed by atoms with E-state index in [0.717, 1.165) is 6.54 Å². The SMILES string of the molecule is CCNc1ccc2ccsc2c1. The molecule has 0 atom stereocenters. The summed E-state index contributed by atoms with van der Waals surface area (Å²) in [6.07, 6.45) is 0. The summed E-state index contributed by atoms with van der Waals surface area (Å²) in [7, 11) is 0. The molecule has 0 saturated heterocycles. The molecule has 0 spiro atoms. The lowest BCUT2D eigenvalue weighted by atomic mass is 10.2. The Morgan fingerprint density at radius 3 is 3.08 bits per heavy atom. The molecule has 0 radical (unpaired) electrons. The second kappa shape index (κ2) is 3.15. The molecule has 0 amide bonds. The molecule has 0 saturated carbocycles. The van der Waals surface area contributed by atoms with Gasteiger partial charge in [-0.2, -0.15) is 0 Å². The third-order valence-electron chi connectivity index (χ3n) is 1.84. The minimum Gasteiger partial charge on any atom is -0.385 e. The fourth-order valence-electron chi connectivity index (χ4n) is 1.27. The van der Waals surface area contributed by atoms with Gasteiger partial charge < -0.3 is 5.32 Å². The first-order valence-electron chi connectivity index (χ1n) is 4.11. The van der Waals surface area contributed by atoms with Crippen LogP contribution in [0.3, 0.4) is 0 Å². The molecule has 1 heterocycles. The normalized spacial score (nSPS) is 10.4. The highest BCUT2D eigenvalue weighted by molar-refractivity contribution is 7.17. The van der Waals surface area contributed by atoms with Gasteiger partial charge in [-0.15, -0.1) is 11.3 Å². The van der Waals surface area contributed by atoms with Crippen LogP contribution in [-0.2, 0) is 0 Å². The molecule has 1 aromatic carbocycles. The molecule has 0 aliphatic rings. The molecular weight excluding hydrogens is 166 g/mol. The van der Waals surface area contributed by atoms with Gasteiger partial charge in [-0.1, -0.05) is 6.07 Å². The van der Waals surface area contributed by atoms with Crippen LogP contribution in [0.2, 0.25) is 0 Å². The van der Waals surface area contributed by atoms with Crippen LogP contribution in [0.1, 0.15) is 6.92 Å². The summed E-state index contributed by atoms with van der Waals surface area (Å²) in [6.45, 7) is 3.09. The van der Waals surface area contributed by atoms with E-state index in [-0.39, 0.29) is 0 Å². The Bertz CT molecular complexity index is 378. The average Bonchev–Trinajstić information content (AvgIpc) is 2.51. The standard InChI is InChI=1S/C10H11NS/c1-2-11-9-4-3-8-5-6-12-10(8)7-9/h3-7,11H,2H2,1H3. The predicted molar refractivity (Wildman–Crippen MR) is 56.0 cm³/mol. The lowest BCUT2D eigenvalue weighted by Gasteiger charge is -2.01. The molecule has 0 unspecified atom stereocenters. The summed E-state index contributed by atoms with van der Waals surface area (Å²) in [5.41, 5.74) is 1.22. The molecule has 0 fully saturated rings. The summed E-state index contributed by atoms with van der Waals surface area (Å²) in [6, 6.07) is 8.63. The summed E-state index contributed by atoms with van der Waals surface area (Å²) in [5, 5.41) is 6.76. The number of fused-ring (bicyclic) bond motifs is 1. The minimum absolute atomic E-state index is 0.983. The van der Waals surface area contributed by atoms with Crippen molar-refractivity contribution in [1.29, 1.82) is 0 Å². The van der Waals surface area contributed by atoms with Crippen molar-refractivity contribution in [2.45, 2.75) is 6.92 Å². The molecule has 0 bridgehead atoms. The highest BCUT2D eigenvalue weighted by Gasteiger charge is 1.95. The number of thiophene rings is 1. The van der Waals surface area contributed by atoms with E-state index in [1.165, 1.54) is 15.8 Å². The van der Waals surface area contributed by atoms with E-state index in [4.69, 9.17) is 0 Å². The molecule has 0 aliphatic carbocycles. The Kier molecular flexibility index (Phi) is 2.00. The third kappa shape index (κ3) is 1.30. The lowest BCUT2D eigenvalue weighted by molar-refractivity contribution is 1.22. The first kappa shape index (κ1) is 7.62. The highest BCUT2D eigenvalue weighted by Crippen LogP contribution is 2.23. The number of hydrogen-bond acceptors (Lipinski definition) is 2. The second-order valence-electron chi connectivity index (χ2n) is 2.70. The molecule has 1 aromatic heterocycles. The Morgan fingerprint density at radius 2 is 2.25 bits per heavy atom. The molecule has 62 valence electrons. The van der Waals surface area contributed by atoms with E-state index >= 15 is 0 Å². The maximum absolute atomic E-state index is 3.30. The van der Waals surface area contributed by atoms with Crippen molar-refractivity contribution in [3.63, 3.8) is 0 Å². The summed E-state index contributed by atoms with van der Waals surface area (Å²) in [4.78, 5) is 0. The Hall–Kier alpha value is -1.02. The van der Waals surface area contributed by atoms with Gasteiger partial charge in [0.15, 0.2) is 0 Å². The van der Waals surface area contributed by atoms with Gasteiger partial charge in [0.1, 0.15) is 0 Å². The van der Waals surface area contributed by atoms with Crippen LogP contribution < -0.4 is 5.32 Å². The van der Waals surface area contributed by atoms with Gasteiger partial charge in [0, 0.05) is 16.9 Å². The Morgan fingerprint density at radius 1 is 1.33 bits per heavy atom. The van der Waals surface area contributed by atoms with Crippen LogP contribution in [0.25, 0.3) is 10.1 Å². The van der Waals surface area contributed by atoms with Crippen molar-refractivity contribution >= 4 is 27.1 Å². The Labute approximate surface area is 76.0 Å². The van der Waals surface area contributed by atoms with Gasteiger partial charge in [0.25, 0.3) is 0 Å². The molecule has 12 heavy (non-hydrogen) atoms. The lowest BCUT2D eigenvalue weighted by Crippen LogP contribution is -1.94. The van der Waals surface area contributed by atoms with Crippen molar-refractivity contribution in [2.75, 3.05) is 11.9 Å². The minimum atomic E-state index is 0.983. The molecule has 1 nitrogen and oxygen atoms in total. The maximum Gasteiger partial charge on any atom is 0.0363 e. The van der Waals surface area contributed by atoms with Crippen molar-refractivity contribution < 1.29 is 0 Å². The van der Waals surface area contributed by atoms with Crippen LogP contribution in [0.5, 0.6) is 0 Å². The highest BCUT2D eigenvalue weighted by atomic mass is 32.1. The molecule has 2 rings (SSSR count). The monoisotopic (exact) mass is 177 g/mol. The van der Waals surface area contributed by atoms with Crippen molar-refractivity contribution in [2.24, 2.45) is 0 Å². The van der Waals surface area contributed by atoms with Gasteiger partial charge in [-0.3, -0.25) is 0 Å². The van der Waals surface area contributed by atoms with Crippen LogP contribution in [0, 0.1) is 0 Å². The number of rotatable bonds is 2. The number of benzene rings is 1. The number of anilines is 1. The van der Waals surface area contributed by atoms with E-state index in [1.54, 1.807) is 11.3 Å². The summed E-state index contributed by atoms with van der Waals surface area (Å²) >= 11 is 1.79. The first-order valence-corrected chi connectivity index (χ1v) is 4.99. The predicted octanol–water partition coefficient (Wildman–Crippen LogP) is 3.33. The summed E-state index contributed by atoms with van der Waals surface area (Å²) in [5.74, 6) is 0. The van der Waals surface area contributed by atoms with Crippen LogP contribution in [-0.4, -0.2) is 6.54 Å². The molecule has 2 heteroatoms. The first-order chi connectivity index (χ1) is 5.90. The molecular formula is C10H11NS. The fourth-order valence-corrected chi connectivity index (χ4v) is 2.10. The van der Waals surface area contributed by atoms with Crippen LogP contribution in [0.4, 0.5) is 5.69 Å². The fraction of sp³-hybridized carbons (Fsp3) is 0.200. The third-order valence-corrected chi connectivity index (χ3v) is 2.72. The van der Waals surface area contributed by atoms with Gasteiger partial charge in [0.05, 0.1) is 0 Å². The molecule has 2 aromatic rings. The van der Waals surface area contributed by atoms with Gasteiger partial charge in [-0.05, 0) is 35.9 Å². The largest absolute Gasteiger partial charge is 0.385 e. The van der Waals surface area contributed by atoms with Crippen molar-refractivity contribution in [3.8, 4) is 0 Å². The van der Waals surface area contributed by atoms with E-state index < -0.39 is 0 Å². The van der Waals surface area contributed by atoms with E-state index in [1.807, 2.05) is 0 Å². The maximum atomic E-state index is 3.30. The Balaban J connectivity index is 2.46. The zero-order valence-electron chi connectivity index (χ0n) is 7.00. The van der Waals surface area contributed by atoms with Gasteiger partial charge in [-0.25, -0.2) is 0 Å². The topological polar surface area (TPSA) is 12.0 Å². The van der Waals surface area contributed by atoms with E-state index in [2.05, 4.69) is 41.9 Å². The quantitative estimate of drug-likeness (QED) is 0.742. The van der Waals surface area contributed by atoms with Gasteiger partial charge >= 0.3 is 0 Å².